The van der Waals surface area contributed by atoms with Gasteiger partial charge in [-0.2, -0.15) is 0 Å². The van der Waals surface area contributed by atoms with Crippen LogP contribution < -0.4 is 9.03 Å². The van der Waals surface area contributed by atoms with Crippen molar-refractivity contribution in [2.45, 2.75) is 33.1 Å². The van der Waals surface area contributed by atoms with Gasteiger partial charge >= 0.3 is 0 Å². The predicted octanol–water partition coefficient (Wildman–Crippen LogP) is 3.90. The van der Waals surface area contributed by atoms with Crippen molar-refractivity contribution in [3.05, 3.63) is 64.6 Å². The average molecular weight is 435 g/mol. The molecule has 2 aromatic carbocycles. The van der Waals surface area contributed by atoms with Gasteiger partial charge in [-0.1, -0.05) is 36.8 Å². The van der Waals surface area contributed by atoms with Gasteiger partial charge in [-0.15, -0.1) is 0 Å². The first-order valence-corrected chi connectivity index (χ1v) is 12.8. The fourth-order valence-electron chi connectivity index (χ4n) is 3.33. The van der Waals surface area contributed by atoms with Gasteiger partial charge < -0.3 is 0 Å². The number of hydrogen-bond donors (Lipinski definition) is 1. The number of nitrogens with zero attached hydrogens (tertiary/aromatic N) is 1. The molecule has 0 spiro atoms. The van der Waals surface area contributed by atoms with E-state index >= 15 is 0 Å². The highest BCUT2D eigenvalue weighted by molar-refractivity contribution is 7.95. The first-order valence-electron chi connectivity index (χ1n) is 9.61. The van der Waals surface area contributed by atoms with Gasteiger partial charge in [0.1, 0.15) is 0 Å². The highest BCUT2D eigenvalue weighted by Crippen LogP contribution is 2.32. The highest BCUT2D eigenvalue weighted by atomic mass is 32.2. The van der Waals surface area contributed by atoms with E-state index in [1.54, 1.807) is 24.3 Å². The van der Waals surface area contributed by atoms with E-state index in [4.69, 9.17) is 0 Å². The van der Waals surface area contributed by atoms with Crippen LogP contribution in [0.15, 0.2) is 47.9 Å². The number of hydrogen-bond acceptors (Lipinski definition) is 4. The summed E-state index contributed by atoms with van der Waals surface area (Å²) in [4.78, 5) is 0. The normalized spacial score (nSPS) is 14.8. The topological polar surface area (TPSA) is 83.6 Å². The van der Waals surface area contributed by atoms with Crippen LogP contribution in [0.4, 0.5) is 11.4 Å². The van der Waals surface area contributed by atoms with Gasteiger partial charge in [-0.25, -0.2) is 16.8 Å². The summed E-state index contributed by atoms with van der Waals surface area (Å²) in [6.45, 7) is 4.26. The summed E-state index contributed by atoms with van der Waals surface area (Å²) in [5, 5.41) is 1.13. The maximum absolute atomic E-state index is 12.5. The highest BCUT2D eigenvalue weighted by Gasteiger charge is 2.27. The molecule has 0 fully saturated rings. The molecule has 6 nitrogen and oxygen atoms in total. The van der Waals surface area contributed by atoms with E-state index in [2.05, 4.69) is 4.72 Å². The molecule has 8 heteroatoms. The molecule has 29 heavy (non-hydrogen) atoms. The molecule has 156 valence electrons. The number of rotatable bonds is 7. The van der Waals surface area contributed by atoms with Gasteiger partial charge in [-0.05, 0) is 61.6 Å². The Morgan fingerprint density at radius 2 is 1.79 bits per heavy atom. The van der Waals surface area contributed by atoms with Crippen molar-refractivity contribution in [1.29, 1.82) is 0 Å². The van der Waals surface area contributed by atoms with E-state index in [9.17, 15) is 16.8 Å². The third-order valence-corrected chi connectivity index (χ3v) is 7.72. The molecule has 0 saturated carbocycles. The second-order valence-corrected chi connectivity index (χ2v) is 10.8. The lowest BCUT2D eigenvalue weighted by molar-refractivity contribution is 0.585. The smallest absolute Gasteiger partial charge is 0.255 e. The van der Waals surface area contributed by atoms with E-state index in [1.165, 1.54) is 4.31 Å². The zero-order chi connectivity index (χ0) is 21.1. The fourth-order valence-corrected chi connectivity index (χ4v) is 5.81. The van der Waals surface area contributed by atoms with Crippen LogP contribution in [0.2, 0.25) is 0 Å². The van der Waals surface area contributed by atoms with Crippen LogP contribution in [-0.2, 0) is 26.5 Å². The quantitative estimate of drug-likeness (QED) is 0.716. The molecule has 2 aromatic rings. The Bertz CT molecular complexity index is 1110. The molecule has 3 rings (SSSR count). The number of nitrogens with one attached hydrogen (secondary N) is 1. The summed E-state index contributed by atoms with van der Waals surface area (Å²) in [6.07, 6.45) is 3.51. The lowest BCUT2D eigenvalue weighted by Gasteiger charge is -2.30. The standard InChI is InChI=1S/C21H26N2O4S2/c1-3-14-29(26,27)23-13-4-5-19-16-20(10-11-21(19)23)22-28(24,25)15-12-18-8-6-17(2)7-9-18/h6-12,15-16,22H,3-5,13-14H2,1-2H3/b15-12+. The Balaban J connectivity index is 1.79. The van der Waals surface area contributed by atoms with Gasteiger partial charge in [0.25, 0.3) is 10.0 Å². The van der Waals surface area contributed by atoms with Crippen molar-refractivity contribution in [3.8, 4) is 0 Å². The molecular weight excluding hydrogens is 408 g/mol. The van der Waals surface area contributed by atoms with Crippen LogP contribution in [0.3, 0.4) is 0 Å². The largest absolute Gasteiger partial charge is 0.280 e. The van der Waals surface area contributed by atoms with Crippen molar-refractivity contribution < 1.29 is 16.8 Å². The number of aryl methyl sites for hydroxylation is 2. The summed E-state index contributed by atoms with van der Waals surface area (Å²) >= 11 is 0. The average Bonchev–Trinajstić information content (AvgIpc) is 2.66. The molecule has 0 amide bonds. The Kier molecular flexibility index (Phi) is 6.33. The van der Waals surface area contributed by atoms with Crippen LogP contribution in [0.1, 0.15) is 36.5 Å². The second-order valence-electron chi connectivity index (χ2n) is 7.20. The van der Waals surface area contributed by atoms with E-state index in [0.717, 1.165) is 22.1 Å². The Labute approximate surface area is 173 Å². The summed E-state index contributed by atoms with van der Waals surface area (Å²) < 4.78 is 53.8. The van der Waals surface area contributed by atoms with E-state index in [-0.39, 0.29) is 5.75 Å². The Morgan fingerprint density at radius 3 is 2.48 bits per heavy atom. The number of fused-ring (bicyclic) bond motifs is 1. The van der Waals surface area contributed by atoms with E-state index in [1.807, 2.05) is 38.1 Å². The minimum absolute atomic E-state index is 0.102. The second kappa shape index (κ2) is 8.59. The van der Waals surface area contributed by atoms with Gasteiger partial charge in [0.2, 0.25) is 10.0 Å². The number of anilines is 2. The van der Waals surface area contributed by atoms with Crippen molar-refractivity contribution in [1.82, 2.24) is 0 Å². The Hall–Kier alpha value is -2.32. The van der Waals surface area contributed by atoms with Crippen LogP contribution in [0.25, 0.3) is 6.08 Å². The van der Waals surface area contributed by atoms with Crippen molar-refractivity contribution >= 4 is 37.5 Å². The van der Waals surface area contributed by atoms with Crippen LogP contribution in [-0.4, -0.2) is 29.1 Å². The van der Waals surface area contributed by atoms with Crippen LogP contribution in [0.5, 0.6) is 0 Å². The van der Waals surface area contributed by atoms with Gasteiger partial charge in [0, 0.05) is 12.2 Å². The molecule has 0 aromatic heterocycles. The van der Waals surface area contributed by atoms with Crippen molar-refractivity contribution in [2.24, 2.45) is 0 Å². The lowest BCUT2D eigenvalue weighted by Crippen LogP contribution is -2.37. The summed E-state index contributed by atoms with van der Waals surface area (Å²) in [7, 11) is -7.04. The molecule has 0 saturated heterocycles. The maximum atomic E-state index is 12.5. The van der Waals surface area contributed by atoms with Crippen molar-refractivity contribution in [2.75, 3.05) is 21.3 Å². The molecule has 1 aliphatic rings. The van der Waals surface area contributed by atoms with Gasteiger partial charge in [0.15, 0.2) is 0 Å². The molecule has 1 aliphatic heterocycles. The number of benzene rings is 2. The van der Waals surface area contributed by atoms with Crippen LogP contribution in [0, 0.1) is 6.92 Å². The zero-order valence-corrected chi connectivity index (χ0v) is 18.3. The molecule has 1 N–H and O–H groups in total. The van der Waals surface area contributed by atoms with E-state index < -0.39 is 20.0 Å². The molecule has 0 radical (unpaired) electrons. The molecule has 0 unspecified atom stereocenters. The van der Waals surface area contributed by atoms with Gasteiger partial charge in [0.05, 0.1) is 16.8 Å². The molecule has 1 heterocycles. The predicted molar refractivity (Wildman–Crippen MR) is 119 cm³/mol. The molecule has 0 atom stereocenters. The van der Waals surface area contributed by atoms with Crippen molar-refractivity contribution in [3.63, 3.8) is 0 Å². The number of sulfonamides is 2. The first-order chi connectivity index (χ1) is 13.7. The summed E-state index contributed by atoms with van der Waals surface area (Å²) in [6, 6.07) is 12.6. The zero-order valence-electron chi connectivity index (χ0n) is 16.6. The third-order valence-electron chi connectivity index (χ3n) is 4.73. The summed E-state index contributed by atoms with van der Waals surface area (Å²) in [5.74, 6) is 0.102. The SMILES string of the molecule is CCCS(=O)(=O)N1CCCc2cc(NS(=O)(=O)/C=C/c3ccc(C)cc3)ccc21. The summed E-state index contributed by atoms with van der Waals surface area (Å²) in [5.41, 5.74) is 3.80. The van der Waals surface area contributed by atoms with E-state index in [0.29, 0.717) is 37.2 Å². The lowest BCUT2D eigenvalue weighted by atomic mass is 10.0. The fraction of sp³-hybridized carbons (Fsp3) is 0.333. The molecule has 0 bridgehead atoms. The third kappa shape index (κ3) is 5.39. The minimum Gasteiger partial charge on any atom is -0.280 e. The minimum atomic E-state index is -3.68. The Morgan fingerprint density at radius 1 is 1.07 bits per heavy atom. The monoisotopic (exact) mass is 434 g/mol. The molecular formula is C21H26N2O4S2. The van der Waals surface area contributed by atoms with Crippen LogP contribution >= 0.6 is 0 Å². The maximum Gasteiger partial charge on any atom is 0.255 e. The van der Waals surface area contributed by atoms with Gasteiger partial charge in [-0.3, -0.25) is 9.03 Å². The first kappa shape index (κ1) is 21.4. The molecule has 0 aliphatic carbocycles.